The van der Waals surface area contributed by atoms with Crippen molar-refractivity contribution >= 4 is 27.0 Å². The number of benzene rings is 1. The van der Waals surface area contributed by atoms with Gasteiger partial charge in [-0.05, 0) is 34.1 Å². The average Bonchev–Trinajstić information content (AvgIpc) is 2.81. The largest absolute Gasteiger partial charge is 0.497 e. The lowest BCUT2D eigenvalue weighted by Crippen LogP contribution is -1.81. The number of aromatic nitrogens is 2. The van der Waals surface area contributed by atoms with Crippen molar-refractivity contribution < 1.29 is 9.15 Å². The molecular formula is C13H9BrN2O2. The van der Waals surface area contributed by atoms with Crippen molar-refractivity contribution in [3.63, 3.8) is 0 Å². The summed E-state index contributed by atoms with van der Waals surface area (Å²) in [4.78, 5) is 8.52. The lowest BCUT2D eigenvalue weighted by Gasteiger charge is -1.95. The van der Waals surface area contributed by atoms with Gasteiger partial charge in [-0.15, -0.1) is 0 Å². The van der Waals surface area contributed by atoms with Gasteiger partial charge in [0.15, 0.2) is 5.58 Å². The van der Waals surface area contributed by atoms with Gasteiger partial charge in [0, 0.05) is 22.9 Å². The van der Waals surface area contributed by atoms with E-state index in [9.17, 15) is 0 Å². The van der Waals surface area contributed by atoms with Crippen LogP contribution in [0.3, 0.4) is 0 Å². The van der Waals surface area contributed by atoms with Crippen LogP contribution in [0.2, 0.25) is 0 Å². The molecule has 2 heterocycles. The van der Waals surface area contributed by atoms with E-state index in [4.69, 9.17) is 9.15 Å². The summed E-state index contributed by atoms with van der Waals surface area (Å²) in [6.07, 6.45) is 3.43. The maximum Gasteiger partial charge on any atom is 0.228 e. The van der Waals surface area contributed by atoms with Gasteiger partial charge in [-0.1, -0.05) is 0 Å². The van der Waals surface area contributed by atoms with Crippen LogP contribution in [-0.2, 0) is 0 Å². The molecule has 5 heteroatoms. The number of methoxy groups -OCH3 is 1. The molecule has 18 heavy (non-hydrogen) atoms. The Kier molecular flexibility index (Phi) is 2.76. The van der Waals surface area contributed by atoms with Crippen LogP contribution >= 0.6 is 15.9 Å². The molecule has 3 aromatic rings. The molecule has 0 atom stereocenters. The molecule has 0 N–H and O–H groups in total. The number of rotatable bonds is 2. The zero-order valence-corrected chi connectivity index (χ0v) is 11.1. The van der Waals surface area contributed by atoms with Crippen LogP contribution in [0.15, 0.2) is 45.5 Å². The van der Waals surface area contributed by atoms with Crippen molar-refractivity contribution in [2.45, 2.75) is 0 Å². The van der Waals surface area contributed by atoms with E-state index in [-0.39, 0.29) is 0 Å². The van der Waals surface area contributed by atoms with E-state index in [1.54, 1.807) is 19.5 Å². The molecule has 0 bridgehead atoms. The van der Waals surface area contributed by atoms with E-state index in [2.05, 4.69) is 25.9 Å². The normalized spacial score (nSPS) is 10.8. The van der Waals surface area contributed by atoms with Gasteiger partial charge in [0.1, 0.15) is 11.3 Å². The Balaban J connectivity index is 2.13. The summed E-state index contributed by atoms with van der Waals surface area (Å²) in [5, 5.41) is 0. The van der Waals surface area contributed by atoms with E-state index in [0.717, 1.165) is 26.9 Å². The summed E-state index contributed by atoms with van der Waals surface area (Å²) in [6, 6.07) is 7.44. The second-order valence-corrected chi connectivity index (χ2v) is 4.66. The Morgan fingerprint density at radius 2 is 2.11 bits per heavy atom. The minimum Gasteiger partial charge on any atom is -0.497 e. The highest BCUT2D eigenvalue weighted by Crippen LogP contribution is 2.27. The zero-order valence-electron chi connectivity index (χ0n) is 9.55. The van der Waals surface area contributed by atoms with Gasteiger partial charge < -0.3 is 9.15 Å². The van der Waals surface area contributed by atoms with Crippen molar-refractivity contribution in [2.75, 3.05) is 7.11 Å². The molecule has 0 saturated carbocycles. The molecule has 0 fully saturated rings. The minimum absolute atomic E-state index is 0.548. The second-order valence-electron chi connectivity index (χ2n) is 3.74. The third kappa shape index (κ3) is 1.97. The Morgan fingerprint density at radius 3 is 2.89 bits per heavy atom. The summed E-state index contributed by atoms with van der Waals surface area (Å²) in [5.74, 6) is 1.31. The molecule has 4 nitrogen and oxygen atoms in total. The molecule has 0 aliphatic heterocycles. The Labute approximate surface area is 112 Å². The number of oxazole rings is 1. The molecule has 0 saturated heterocycles. The summed E-state index contributed by atoms with van der Waals surface area (Å²) < 4.78 is 11.7. The minimum atomic E-state index is 0.548. The van der Waals surface area contributed by atoms with Crippen LogP contribution in [0.1, 0.15) is 0 Å². The number of fused-ring (bicyclic) bond motifs is 1. The molecule has 1 aromatic carbocycles. The highest BCUT2D eigenvalue weighted by molar-refractivity contribution is 9.10. The number of hydrogen-bond donors (Lipinski definition) is 0. The monoisotopic (exact) mass is 304 g/mol. The van der Waals surface area contributed by atoms with Crippen LogP contribution in [0.4, 0.5) is 0 Å². The Morgan fingerprint density at radius 1 is 1.22 bits per heavy atom. The van der Waals surface area contributed by atoms with E-state index < -0.39 is 0 Å². The Bertz CT molecular complexity index is 709. The smallest absolute Gasteiger partial charge is 0.228 e. The van der Waals surface area contributed by atoms with Crippen LogP contribution in [0.25, 0.3) is 22.6 Å². The van der Waals surface area contributed by atoms with Gasteiger partial charge in [-0.25, -0.2) is 4.98 Å². The molecule has 0 aliphatic carbocycles. The third-order valence-corrected chi connectivity index (χ3v) is 2.98. The van der Waals surface area contributed by atoms with Crippen LogP contribution in [-0.4, -0.2) is 17.1 Å². The topological polar surface area (TPSA) is 48.2 Å². The second kappa shape index (κ2) is 4.42. The fraction of sp³-hybridized carbons (Fsp3) is 0.0769. The SMILES string of the molecule is COc1ccc2oc(-c3cncc(Br)c3)nc2c1. The highest BCUT2D eigenvalue weighted by Gasteiger charge is 2.09. The fourth-order valence-electron chi connectivity index (χ4n) is 1.69. The van der Waals surface area contributed by atoms with Gasteiger partial charge in [0.2, 0.25) is 5.89 Å². The van der Waals surface area contributed by atoms with Crippen LogP contribution in [0.5, 0.6) is 5.75 Å². The Hall–Kier alpha value is -1.88. The summed E-state index contributed by atoms with van der Waals surface area (Å²) >= 11 is 3.37. The van der Waals surface area contributed by atoms with E-state index in [1.165, 1.54) is 0 Å². The van der Waals surface area contributed by atoms with Gasteiger partial charge >= 0.3 is 0 Å². The van der Waals surface area contributed by atoms with Crippen LogP contribution < -0.4 is 4.74 Å². The highest BCUT2D eigenvalue weighted by atomic mass is 79.9. The summed E-state index contributed by atoms with van der Waals surface area (Å²) in [5.41, 5.74) is 2.33. The maximum absolute atomic E-state index is 5.68. The van der Waals surface area contributed by atoms with Crippen molar-refractivity contribution in [2.24, 2.45) is 0 Å². The molecule has 0 radical (unpaired) electrons. The lowest BCUT2D eigenvalue weighted by atomic mass is 10.3. The average molecular weight is 305 g/mol. The van der Waals surface area contributed by atoms with Crippen molar-refractivity contribution in [3.8, 4) is 17.2 Å². The standard InChI is InChI=1S/C13H9BrN2O2/c1-17-10-2-3-12-11(5-10)16-13(18-12)8-4-9(14)7-15-6-8/h2-7H,1H3. The first-order valence-electron chi connectivity index (χ1n) is 5.32. The maximum atomic E-state index is 5.68. The van der Waals surface area contributed by atoms with E-state index >= 15 is 0 Å². The molecule has 0 spiro atoms. The van der Waals surface area contributed by atoms with Gasteiger partial charge in [-0.3, -0.25) is 4.98 Å². The summed E-state index contributed by atoms with van der Waals surface area (Å²) in [6.45, 7) is 0. The van der Waals surface area contributed by atoms with Crippen molar-refractivity contribution in [1.82, 2.24) is 9.97 Å². The third-order valence-electron chi connectivity index (χ3n) is 2.55. The first-order valence-corrected chi connectivity index (χ1v) is 6.11. The van der Waals surface area contributed by atoms with E-state index in [0.29, 0.717) is 5.89 Å². The predicted octanol–water partition coefficient (Wildman–Crippen LogP) is 3.66. The number of pyridine rings is 1. The van der Waals surface area contributed by atoms with Crippen LogP contribution in [0, 0.1) is 0 Å². The zero-order chi connectivity index (χ0) is 12.5. The van der Waals surface area contributed by atoms with Crippen molar-refractivity contribution in [1.29, 1.82) is 0 Å². The van der Waals surface area contributed by atoms with Gasteiger partial charge in [-0.2, -0.15) is 0 Å². The molecule has 3 rings (SSSR count). The molecule has 0 unspecified atom stereocenters. The van der Waals surface area contributed by atoms with Gasteiger partial charge in [0.05, 0.1) is 12.7 Å². The summed E-state index contributed by atoms with van der Waals surface area (Å²) in [7, 11) is 1.63. The first-order chi connectivity index (χ1) is 8.76. The number of hydrogen-bond acceptors (Lipinski definition) is 4. The fourth-order valence-corrected chi connectivity index (χ4v) is 2.05. The number of ether oxygens (including phenoxy) is 1. The number of nitrogens with zero attached hydrogens (tertiary/aromatic N) is 2. The van der Waals surface area contributed by atoms with Gasteiger partial charge in [0.25, 0.3) is 0 Å². The lowest BCUT2D eigenvalue weighted by molar-refractivity contribution is 0.415. The molecule has 0 amide bonds. The number of halogens is 1. The first kappa shape index (κ1) is 11.2. The molecule has 2 aromatic heterocycles. The van der Waals surface area contributed by atoms with E-state index in [1.807, 2.05) is 24.3 Å². The molecular weight excluding hydrogens is 296 g/mol. The molecule has 0 aliphatic rings. The predicted molar refractivity (Wildman–Crippen MR) is 71.5 cm³/mol. The van der Waals surface area contributed by atoms with Crippen molar-refractivity contribution in [3.05, 3.63) is 41.1 Å². The quantitative estimate of drug-likeness (QED) is 0.725. The molecule has 90 valence electrons.